The summed E-state index contributed by atoms with van der Waals surface area (Å²) in [6.45, 7) is 2.67. The van der Waals surface area contributed by atoms with Crippen LogP contribution in [0.2, 0.25) is 0 Å². The van der Waals surface area contributed by atoms with Gasteiger partial charge in [-0.05, 0) is 19.3 Å². The average molecular weight is 415 g/mol. The van der Waals surface area contributed by atoms with Gasteiger partial charge in [0.25, 0.3) is 0 Å². The Bertz CT molecular complexity index is 387. The molecule has 0 bridgehead atoms. The van der Waals surface area contributed by atoms with E-state index < -0.39 is 24.4 Å². The summed E-state index contributed by atoms with van der Waals surface area (Å²) >= 11 is 0. The van der Waals surface area contributed by atoms with E-state index in [1.165, 1.54) is 77.0 Å². The largest absolute Gasteiger partial charge is 0.394 e. The Balaban J connectivity index is 1.85. The zero-order valence-electron chi connectivity index (χ0n) is 18.6. The lowest BCUT2D eigenvalue weighted by molar-refractivity contribution is -0.208. The first-order valence-corrected chi connectivity index (χ1v) is 12.1. The van der Waals surface area contributed by atoms with E-state index in [4.69, 9.17) is 14.6 Å². The maximum absolute atomic E-state index is 9.99. The van der Waals surface area contributed by atoms with Crippen LogP contribution in [0.25, 0.3) is 0 Å². The molecule has 172 valence electrons. The molecule has 0 radical (unpaired) electrons. The van der Waals surface area contributed by atoms with E-state index in [-0.39, 0.29) is 13.2 Å². The lowest BCUT2D eigenvalue weighted by Crippen LogP contribution is -2.55. The van der Waals surface area contributed by atoms with Crippen LogP contribution in [-0.4, -0.2) is 59.6 Å². The predicted molar refractivity (Wildman–Crippen MR) is 118 cm³/mol. The van der Waals surface area contributed by atoms with Gasteiger partial charge in [-0.2, -0.15) is 0 Å². The van der Waals surface area contributed by atoms with Crippen molar-refractivity contribution in [1.29, 1.82) is 0 Å². The molecule has 0 unspecified atom stereocenters. The molecule has 5 nitrogen and oxygen atoms in total. The van der Waals surface area contributed by atoms with E-state index in [1.807, 2.05) is 0 Å². The fourth-order valence-corrected chi connectivity index (χ4v) is 3.79. The monoisotopic (exact) mass is 414 g/mol. The van der Waals surface area contributed by atoms with Crippen molar-refractivity contribution in [3.05, 3.63) is 12.2 Å². The van der Waals surface area contributed by atoms with E-state index in [2.05, 4.69) is 19.1 Å². The molecule has 0 saturated carbocycles. The van der Waals surface area contributed by atoms with Gasteiger partial charge in [0.2, 0.25) is 0 Å². The normalized spacial score (nSPS) is 25.1. The van der Waals surface area contributed by atoms with Gasteiger partial charge in [0.1, 0.15) is 24.4 Å². The van der Waals surface area contributed by atoms with Crippen molar-refractivity contribution in [3.8, 4) is 0 Å². The van der Waals surface area contributed by atoms with Crippen LogP contribution < -0.4 is 0 Å². The Hall–Kier alpha value is -0.460. The highest BCUT2D eigenvalue weighted by molar-refractivity contribution is 4.88. The van der Waals surface area contributed by atoms with Gasteiger partial charge in [0, 0.05) is 0 Å². The lowest BCUT2D eigenvalue weighted by Gasteiger charge is -2.36. The average Bonchev–Trinajstić information content (AvgIpc) is 2.73. The third kappa shape index (κ3) is 12.7. The zero-order valence-corrected chi connectivity index (χ0v) is 18.6. The molecule has 0 amide bonds. The first-order valence-electron chi connectivity index (χ1n) is 12.1. The van der Waals surface area contributed by atoms with Crippen LogP contribution in [0.15, 0.2) is 12.2 Å². The molecule has 0 spiro atoms. The van der Waals surface area contributed by atoms with Crippen LogP contribution in [0.1, 0.15) is 96.8 Å². The first-order chi connectivity index (χ1) is 14.2. The van der Waals surface area contributed by atoms with Gasteiger partial charge in [-0.25, -0.2) is 0 Å². The Labute approximate surface area is 178 Å². The molecule has 1 heterocycles. The van der Waals surface area contributed by atoms with Gasteiger partial charge < -0.3 is 24.8 Å². The number of rotatable bonds is 18. The highest BCUT2D eigenvalue weighted by atomic mass is 16.6. The van der Waals surface area contributed by atoms with Crippen LogP contribution >= 0.6 is 0 Å². The van der Waals surface area contributed by atoms with Crippen molar-refractivity contribution in [1.82, 2.24) is 0 Å². The van der Waals surface area contributed by atoms with Gasteiger partial charge >= 0.3 is 0 Å². The summed E-state index contributed by atoms with van der Waals surface area (Å²) in [5.41, 5.74) is 0. The molecule has 0 aromatic carbocycles. The summed E-state index contributed by atoms with van der Waals surface area (Å²) in [6.07, 6.45) is 19.4. The Kier molecular flexibility index (Phi) is 16.8. The number of hydrogen-bond acceptors (Lipinski definition) is 5. The number of ether oxygens (including phenoxy) is 2. The second kappa shape index (κ2) is 18.3. The number of aliphatic hydroxyl groups is 3. The van der Waals surface area contributed by atoms with Gasteiger partial charge in [0.05, 0.1) is 19.8 Å². The minimum absolute atomic E-state index is 0.200. The minimum Gasteiger partial charge on any atom is -0.394 e. The van der Waals surface area contributed by atoms with E-state index in [0.717, 1.165) is 12.8 Å². The van der Waals surface area contributed by atoms with Gasteiger partial charge in [-0.3, -0.25) is 0 Å². The fourth-order valence-electron chi connectivity index (χ4n) is 3.79. The summed E-state index contributed by atoms with van der Waals surface area (Å²) in [6, 6.07) is 0. The summed E-state index contributed by atoms with van der Waals surface area (Å²) in [5.74, 6) is 0. The second-order valence-corrected chi connectivity index (χ2v) is 8.38. The molecule has 1 aliphatic rings. The smallest absolute Gasteiger partial charge is 0.111 e. The van der Waals surface area contributed by atoms with Crippen molar-refractivity contribution < 1.29 is 24.8 Å². The van der Waals surface area contributed by atoms with Gasteiger partial charge in [-0.15, -0.1) is 0 Å². The molecular weight excluding hydrogens is 368 g/mol. The van der Waals surface area contributed by atoms with E-state index in [9.17, 15) is 10.2 Å². The highest BCUT2D eigenvalue weighted by Crippen LogP contribution is 2.18. The molecule has 1 fully saturated rings. The molecule has 1 rings (SSSR count). The summed E-state index contributed by atoms with van der Waals surface area (Å²) in [5, 5.41) is 28.9. The van der Waals surface area contributed by atoms with Crippen LogP contribution in [0.3, 0.4) is 0 Å². The first kappa shape index (κ1) is 26.6. The summed E-state index contributed by atoms with van der Waals surface area (Å²) in [4.78, 5) is 0. The molecular formula is C24H46O5. The molecule has 5 heteroatoms. The summed E-state index contributed by atoms with van der Waals surface area (Å²) < 4.78 is 10.9. The molecule has 0 aliphatic carbocycles. The second-order valence-electron chi connectivity index (χ2n) is 8.38. The van der Waals surface area contributed by atoms with E-state index in [0.29, 0.717) is 6.61 Å². The maximum atomic E-state index is 9.99. The molecule has 1 saturated heterocycles. The molecule has 0 aromatic heterocycles. The lowest BCUT2D eigenvalue weighted by atomic mass is 10.0. The fraction of sp³-hybridized carbons (Fsp3) is 0.917. The molecule has 0 aromatic rings. The Morgan fingerprint density at radius 2 is 1.34 bits per heavy atom. The Morgan fingerprint density at radius 1 is 0.793 bits per heavy atom. The van der Waals surface area contributed by atoms with Gasteiger partial charge in [0.15, 0.2) is 0 Å². The quantitative estimate of drug-likeness (QED) is 0.227. The van der Waals surface area contributed by atoms with Crippen molar-refractivity contribution in [3.63, 3.8) is 0 Å². The Morgan fingerprint density at radius 3 is 1.93 bits per heavy atom. The van der Waals surface area contributed by atoms with Crippen LogP contribution in [0.4, 0.5) is 0 Å². The predicted octanol–water partition coefficient (Wildman–Crippen LogP) is 4.52. The maximum Gasteiger partial charge on any atom is 0.111 e. The zero-order chi connectivity index (χ0) is 21.2. The minimum atomic E-state index is -1.10. The van der Waals surface area contributed by atoms with Crippen molar-refractivity contribution in [2.24, 2.45) is 0 Å². The number of aliphatic hydroxyl groups excluding tert-OH is 3. The highest BCUT2D eigenvalue weighted by Gasteiger charge is 2.38. The number of unbranched alkanes of at least 4 members (excludes halogenated alkanes) is 12. The molecule has 29 heavy (non-hydrogen) atoms. The topological polar surface area (TPSA) is 79.2 Å². The molecule has 4 atom stereocenters. The van der Waals surface area contributed by atoms with E-state index >= 15 is 0 Å². The van der Waals surface area contributed by atoms with Crippen molar-refractivity contribution in [2.75, 3.05) is 19.8 Å². The number of hydrogen-bond donors (Lipinski definition) is 3. The van der Waals surface area contributed by atoms with Crippen molar-refractivity contribution in [2.45, 2.75) is 121 Å². The standard InChI is InChI=1S/C24H46O5/c1-2-3-4-5-6-7-8-9-10-11-12-13-14-15-16-17-18-28-22-20-29-21(19-25)23(26)24(22)27/h15-16,21-27H,2-14,17-20H2,1H3/b16-15+/t21-,22+,23-,24-/m0/s1. The van der Waals surface area contributed by atoms with Crippen molar-refractivity contribution >= 4 is 0 Å². The molecule has 3 N–H and O–H groups in total. The van der Waals surface area contributed by atoms with E-state index in [1.54, 1.807) is 0 Å². The summed E-state index contributed by atoms with van der Waals surface area (Å²) in [7, 11) is 0. The van der Waals surface area contributed by atoms with Crippen LogP contribution in [0.5, 0.6) is 0 Å². The van der Waals surface area contributed by atoms with Crippen LogP contribution in [-0.2, 0) is 9.47 Å². The third-order valence-electron chi connectivity index (χ3n) is 5.77. The van der Waals surface area contributed by atoms with Crippen LogP contribution in [0, 0.1) is 0 Å². The molecule has 1 aliphatic heterocycles. The SMILES string of the molecule is CCCCCCCCCCCCCC/C=C/CCO[C@@H]1CO[C@@H](CO)[C@H](O)[C@H]1O. The van der Waals surface area contributed by atoms with Gasteiger partial charge in [-0.1, -0.05) is 89.7 Å². The third-order valence-corrected chi connectivity index (χ3v) is 5.77. The number of allylic oxidation sites excluding steroid dienone is 1.